The highest BCUT2D eigenvalue weighted by Gasteiger charge is 2.17. The van der Waals surface area contributed by atoms with Gasteiger partial charge in [-0.15, -0.1) is 10.2 Å². The lowest BCUT2D eigenvalue weighted by atomic mass is 10.1. The molecule has 0 radical (unpaired) electrons. The smallest absolute Gasteiger partial charge is 0.185 e. The Labute approximate surface area is 127 Å². The summed E-state index contributed by atoms with van der Waals surface area (Å²) in [5.41, 5.74) is 1.95. The Bertz CT molecular complexity index is 832. The second-order valence-corrected chi connectivity index (χ2v) is 5.45. The summed E-state index contributed by atoms with van der Waals surface area (Å²) in [5.74, 6) is 2.98. The summed E-state index contributed by atoms with van der Waals surface area (Å²) in [6.07, 6.45) is 4.05. The zero-order valence-corrected chi connectivity index (χ0v) is 12.0. The van der Waals surface area contributed by atoms with Crippen molar-refractivity contribution in [2.45, 2.75) is 25.8 Å². The molecule has 22 heavy (non-hydrogen) atoms. The number of nitrogens with zero attached hydrogens (tertiary/aromatic N) is 3. The third kappa shape index (κ3) is 2.15. The zero-order chi connectivity index (χ0) is 14.9. The van der Waals surface area contributed by atoms with Crippen molar-refractivity contribution in [1.29, 1.82) is 0 Å². The van der Waals surface area contributed by atoms with Gasteiger partial charge in [-0.2, -0.15) is 0 Å². The van der Waals surface area contributed by atoms with Gasteiger partial charge in [-0.3, -0.25) is 4.79 Å². The van der Waals surface area contributed by atoms with E-state index in [1.165, 1.54) is 12.8 Å². The van der Waals surface area contributed by atoms with Crippen molar-refractivity contribution < 1.29 is 9.21 Å². The summed E-state index contributed by atoms with van der Waals surface area (Å²) in [7, 11) is 0. The lowest BCUT2D eigenvalue weighted by Gasteiger charge is -2.14. The molecule has 0 aliphatic carbocycles. The van der Waals surface area contributed by atoms with Crippen LogP contribution < -0.4 is 0 Å². The normalized spacial score (nSPS) is 13.8. The van der Waals surface area contributed by atoms with E-state index >= 15 is 0 Å². The summed E-state index contributed by atoms with van der Waals surface area (Å²) in [6, 6.07) is 11.5. The number of aldehydes is 1. The maximum absolute atomic E-state index is 10.7. The number of rotatable bonds is 3. The van der Waals surface area contributed by atoms with Gasteiger partial charge in [0, 0.05) is 24.1 Å². The van der Waals surface area contributed by atoms with E-state index in [2.05, 4.69) is 14.8 Å². The topological polar surface area (TPSA) is 60.9 Å². The summed E-state index contributed by atoms with van der Waals surface area (Å²) < 4.78 is 7.69. The molecular formula is C17H15N3O2. The second kappa shape index (κ2) is 5.26. The van der Waals surface area contributed by atoms with Gasteiger partial charge >= 0.3 is 0 Å². The maximum Gasteiger partial charge on any atom is 0.185 e. The molecule has 1 aliphatic rings. The number of carbonyl (C=O) groups excluding carboxylic acids is 1. The molecule has 0 saturated heterocycles. The number of hydrogen-bond donors (Lipinski definition) is 0. The molecule has 0 spiro atoms. The fourth-order valence-corrected chi connectivity index (χ4v) is 2.90. The van der Waals surface area contributed by atoms with Gasteiger partial charge in [-0.25, -0.2) is 0 Å². The van der Waals surface area contributed by atoms with Crippen LogP contribution in [0.5, 0.6) is 0 Å². The van der Waals surface area contributed by atoms with Crippen LogP contribution in [0.15, 0.2) is 40.8 Å². The lowest BCUT2D eigenvalue weighted by Crippen LogP contribution is -2.11. The maximum atomic E-state index is 10.7. The highest BCUT2D eigenvalue weighted by atomic mass is 16.3. The first-order chi connectivity index (χ1) is 10.8. The minimum Gasteiger partial charge on any atom is -0.453 e. The van der Waals surface area contributed by atoms with E-state index in [1.54, 1.807) is 6.07 Å². The minimum absolute atomic E-state index is 0.334. The van der Waals surface area contributed by atoms with E-state index < -0.39 is 0 Å². The van der Waals surface area contributed by atoms with Crippen molar-refractivity contribution in [2.24, 2.45) is 0 Å². The second-order valence-electron chi connectivity index (χ2n) is 5.45. The lowest BCUT2D eigenvalue weighted by molar-refractivity contribution is 0.110. The Kier molecular flexibility index (Phi) is 3.11. The van der Waals surface area contributed by atoms with Crippen LogP contribution in [-0.2, 0) is 13.0 Å². The van der Waals surface area contributed by atoms with E-state index in [-0.39, 0.29) is 0 Å². The molecule has 0 amide bonds. The van der Waals surface area contributed by atoms with Crippen LogP contribution in [0.4, 0.5) is 0 Å². The monoisotopic (exact) mass is 293 g/mol. The average molecular weight is 293 g/mol. The fourth-order valence-electron chi connectivity index (χ4n) is 2.90. The molecular weight excluding hydrogens is 278 g/mol. The molecule has 5 nitrogen and oxygen atoms in total. The van der Waals surface area contributed by atoms with Gasteiger partial charge in [-0.05, 0) is 31.0 Å². The summed E-state index contributed by atoms with van der Waals surface area (Å²) in [4.78, 5) is 10.7. The minimum atomic E-state index is 0.334. The molecule has 110 valence electrons. The summed E-state index contributed by atoms with van der Waals surface area (Å²) in [6.45, 7) is 0.970. The predicted molar refractivity (Wildman–Crippen MR) is 81.5 cm³/mol. The number of carbonyl (C=O) groups is 1. The van der Waals surface area contributed by atoms with Crippen molar-refractivity contribution in [3.05, 3.63) is 48.0 Å². The molecule has 4 rings (SSSR count). The molecule has 5 heteroatoms. The Balaban J connectivity index is 1.76. The molecule has 0 unspecified atom stereocenters. The molecule has 0 bridgehead atoms. The Morgan fingerprint density at radius 3 is 2.86 bits per heavy atom. The van der Waals surface area contributed by atoms with Crippen molar-refractivity contribution in [3.8, 4) is 22.7 Å². The van der Waals surface area contributed by atoms with E-state index in [4.69, 9.17) is 4.42 Å². The van der Waals surface area contributed by atoms with E-state index in [9.17, 15) is 4.79 Å². The SMILES string of the molecule is O=Cc1ccc(-c2cccc(-c3nnc4n3CCCC4)c2)o1. The van der Waals surface area contributed by atoms with Crippen LogP contribution in [0.1, 0.15) is 29.2 Å². The predicted octanol–water partition coefficient (Wildman–Crippen LogP) is 3.35. The van der Waals surface area contributed by atoms with Crippen LogP contribution in [-0.4, -0.2) is 21.1 Å². The van der Waals surface area contributed by atoms with Gasteiger partial charge in [0.25, 0.3) is 0 Å². The Hall–Kier alpha value is -2.69. The number of benzene rings is 1. The third-order valence-corrected chi connectivity index (χ3v) is 4.01. The molecule has 0 saturated carbocycles. The summed E-state index contributed by atoms with van der Waals surface area (Å²) in [5, 5.41) is 8.65. The Morgan fingerprint density at radius 1 is 1.09 bits per heavy atom. The average Bonchev–Trinajstić information content (AvgIpc) is 3.22. The number of furan rings is 1. The van der Waals surface area contributed by atoms with Crippen molar-refractivity contribution >= 4 is 6.29 Å². The van der Waals surface area contributed by atoms with Crippen LogP contribution in [0, 0.1) is 0 Å². The van der Waals surface area contributed by atoms with Gasteiger partial charge in [0.1, 0.15) is 11.6 Å². The van der Waals surface area contributed by atoms with Crippen molar-refractivity contribution in [1.82, 2.24) is 14.8 Å². The van der Waals surface area contributed by atoms with Crippen LogP contribution in [0.25, 0.3) is 22.7 Å². The van der Waals surface area contributed by atoms with Crippen molar-refractivity contribution in [2.75, 3.05) is 0 Å². The highest BCUT2D eigenvalue weighted by molar-refractivity contribution is 5.74. The number of aromatic nitrogens is 3. The molecule has 3 aromatic rings. The molecule has 3 heterocycles. The first kappa shape index (κ1) is 13.0. The van der Waals surface area contributed by atoms with E-state index in [0.29, 0.717) is 17.8 Å². The van der Waals surface area contributed by atoms with Crippen LogP contribution >= 0.6 is 0 Å². The molecule has 1 aromatic carbocycles. The number of aryl methyl sites for hydroxylation is 1. The van der Waals surface area contributed by atoms with Gasteiger partial charge < -0.3 is 8.98 Å². The quantitative estimate of drug-likeness (QED) is 0.695. The molecule has 0 atom stereocenters. The van der Waals surface area contributed by atoms with Gasteiger partial charge in [0.05, 0.1) is 0 Å². The number of hydrogen-bond acceptors (Lipinski definition) is 4. The molecule has 0 N–H and O–H groups in total. The third-order valence-electron chi connectivity index (χ3n) is 4.01. The molecule has 0 fully saturated rings. The van der Waals surface area contributed by atoms with Gasteiger partial charge in [0.15, 0.2) is 17.9 Å². The molecule has 2 aromatic heterocycles. The standard InChI is InChI=1S/C17H15N3O2/c21-11-14-7-8-15(22-14)12-4-3-5-13(10-12)17-19-18-16-6-1-2-9-20(16)17/h3-5,7-8,10-11H,1-2,6,9H2. The fraction of sp³-hybridized carbons (Fsp3) is 0.235. The largest absolute Gasteiger partial charge is 0.453 e. The van der Waals surface area contributed by atoms with Gasteiger partial charge in [-0.1, -0.05) is 18.2 Å². The van der Waals surface area contributed by atoms with Crippen molar-refractivity contribution in [3.63, 3.8) is 0 Å². The zero-order valence-electron chi connectivity index (χ0n) is 12.0. The highest BCUT2D eigenvalue weighted by Crippen LogP contribution is 2.28. The Morgan fingerprint density at radius 2 is 2.00 bits per heavy atom. The van der Waals surface area contributed by atoms with Crippen LogP contribution in [0.3, 0.4) is 0 Å². The van der Waals surface area contributed by atoms with E-state index in [1.807, 2.05) is 30.3 Å². The first-order valence-corrected chi connectivity index (χ1v) is 7.43. The number of fused-ring (bicyclic) bond motifs is 1. The van der Waals surface area contributed by atoms with Crippen LogP contribution in [0.2, 0.25) is 0 Å². The molecule has 1 aliphatic heterocycles. The summed E-state index contributed by atoms with van der Waals surface area (Å²) >= 11 is 0. The van der Waals surface area contributed by atoms with E-state index in [0.717, 1.165) is 35.7 Å². The first-order valence-electron chi connectivity index (χ1n) is 7.43. The van der Waals surface area contributed by atoms with Gasteiger partial charge in [0.2, 0.25) is 0 Å².